The SMILES string of the molecule is CC(C=O)c1cc(S)cc(CCl)c1. The Morgan fingerprint density at radius 1 is 1.54 bits per heavy atom. The predicted molar refractivity (Wildman–Crippen MR) is 57.7 cm³/mol. The minimum absolute atomic E-state index is 0.0888. The van der Waals surface area contributed by atoms with Gasteiger partial charge in [0.05, 0.1) is 0 Å². The Kier molecular flexibility index (Phi) is 3.82. The van der Waals surface area contributed by atoms with Crippen LogP contribution in [0, 0.1) is 0 Å². The fourth-order valence-corrected chi connectivity index (χ4v) is 1.59. The van der Waals surface area contributed by atoms with Gasteiger partial charge in [0, 0.05) is 16.7 Å². The molecule has 1 unspecified atom stereocenters. The van der Waals surface area contributed by atoms with E-state index in [0.29, 0.717) is 5.88 Å². The maximum absolute atomic E-state index is 10.6. The van der Waals surface area contributed by atoms with E-state index in [2.05, 4.69) is 12.6 Å². The summed E-state index contributed by atoms with van der Waals surface area (Å²) in [6.07, 6.45) is 0.917. The largest absolute Gasteiger partial charge is 0.303 e. The highest BCUT2D eigenvalue weighted by atomic mass is 35.5. The zero-order valence-electron chi connectivity index (χ0n) is 7.33. The molecule has 1 atom stereocenters. The molecule has 0 spiro atoms. The van der Waals surface area contributed by atoms with Gasteiger partial charge in [-0.15, -0.1) is 24.2 Å². The third-order valence-electron chi connectivity index (χ3n) is 1.88. The first-order valence-corrected chi connectivity index (χ1v) is 4.99. The van der Waals surface area contributed by atoms with Crippen LogP contribution in [0.1, 0.15) is 24.0 Å². The monoisotopic (exact) mass is 214 g/mol. The normalized spacial score (nSPS) is 12.5. The number of thiol groups is 1. The van der Waals surface area contributed by atoms with Gasteiger partial charge in [-0.3, -0.25) is 0 Å². The molecule has 13 heavy (non-hydrogen) atoms. The Balaban J connectivity index is 3.07. The van der Waals surface area contributed by atoms with E-state index in [1.807, 2.05) is 25.1 Å². The Labute approximate surface area is 88.5 Å². The Bertz CT molecular complexity index is 312. The van der Waals surface area contributed by atoms with E-state index in [9.17, 15) is 4.79 Å². The molecule has 1 aromatic rings. The van der Waals surface area contributed by atoms with Crippen molar-refractivity contribution >= 4 is 30.5 Å². The van der Waals surface area contributed by atoms with E-state index >= 15 is 0 Å². The maximum Gasteiger partial charge on any atom is 0.127 e. The van der Waals surface area contributed by atoms with Crippen LogP contribution in [-0.2, 0) is 10.7 Å². The van der Waals surface area contributed by atoms with Gasteiger partial charge in [0.25, 0.3) is 0 Å². The van der Waals surface area contributed by atoms with Crippen LogP contribution in [0.4, 0.5) is 0 Å². The van der Waals surface area contributed by atoms with Crippen molar-refractivity contribution in [2.75, 3.05) is 0 Å². The summed E-state index contributed by atoms with van der Waals surface area (Å²) in [7, 11) is 0. The molecule has 0 heterocycles. The molecule has 0 aliphatic heterocycles. The number of aldehydes is 1. The first-order chi connectivity index (χ1) is 6.17. The van der Waals surface area contributed by atoms with Crippen molar-refractivity contribution in [2.24, 2.45) is 0 Å². The molecule has 1 rings (SSSR count). The molecule has 1 aromatic carbocycles. The van der Waals surface area contributed by atoms with E-state index in [1.54, 1.807) is 0 Å². The van der Waals surface area contributed by atoms with Crippen LogP contribution in [0.3, 0.4) is 0 Å². The fraction of sp³-hybridized carbons (Fsp3) is 0.300. The lowest BCUT2D eigenvalue weighted by molar-refractivity contribution is -0.108. The predicted octanol–water partition coefficient (Wildman–Crippen LogP) is 3.02. The standard InChI is InChI=1S/C10H11ClOS/c1-7(6-12)9-2-8(5-11)3-10(13)4-9/h2-4,6-7,13H,5H2,1H3. The van der Waals surface area contributed by atoms with Gasteiger partial charge in [-0.25, -0.2) is 0 Å². The van der Waals surface area contributed by atoms with Crippen LogP contribution in [0.2, 0.25) is 0 Å². The summed E-state index contributed by atoms with van der Waals surface area (Å²) >= 11 is 9.93. The van der Waals surface area contributed by atoms with Crippen LogP contribution in [0.5, 0.6) is 0 Å². The average molecular weight is 215 g/mol. The maximum atomic E-state index is 10.6. The second-order valence-electron chi connectivity index (χ2n) is 2.99. The second kappa shape index (κ2) is 4.68. The third kappa shape index (κ3) is 2.75. The second-order valence-corrected chi connectivity index (χ2v) is 3.77. The van der Waals surface area contributed by atoms with E-state index in [-0.39, 0.29) is 5.92 Å². The number of carbonyl (C=O) groups is 1. The molecule has 0 fully saturated rings. The van der Waals surface area contributed by atoms with Crippen molar-refractivity contribution in [3.8, 4) is 0 Å². The summed E-state index contributed by atoms with van der Waals surface area (Å²) in [6.45, 7) is 1.85. The van der Waals surface area contributed by atoms with Gasteiger partial charge in [-0.2, -0.15) is 0 Å². The number of halogens is 1. The van der Waals surface area contributed by atoms with E-state index in [1.165, 1.54) is 0 Å². The fourth-order valence-electron chi connectivity index (χ4n) is 1.12. The first-order valence-electron chi connectivity index (χ1n) is 4.01. The van der Waals surface area contributed by atoms with Gasteiger partial charge in [-0.05, 0) is 23.3 Å². The zero-order chi connectivity index (χ0) is 9.84. The Morgan fingerprint density at radius 2 is 2.23 bits per heavy atom. The van der Waals surface area contributed by atoms with Crippen molar-refractivity contribution in [3.05, 3.63) is 29.3 Å². The molecule has 0 saturated heterocycles. The summed E-state index contributed by atoms with van der Waals surface area (Å²) < 4.78 is 0. The van der Waals surface area contributed by atoms with Crippen molar-refractivity contribution < 1.29 is 4.79 Å². The van der Waals surface area contributed by atoms with Gasteiger partial charge in [0.15, 0.2) is 0 Å². The zero-order valence-corrected chi connectivity index (χ0v) is 8.98. The Morgan fingerprint density at radius 3 is 2.77 bits per heavy atom. The number of carbonyl (C=O) groups excluding carboxylic acids is 1. The number of hydrogen-bond acceptors (Lipinski definition) is 2. The third-order valence-corrected chi connectivity index (χ3v) is 2.45. The minimum atomic E-state index is -0.0888. The lowest BCUT2D eigenvalue weighted by Gasteiger charge is -2.07. The summed E-state index contributed by atoms with van der Waals surface area (Å²) in [4.78, 5) is 11.4. The van der Waals surface area contributed by atoms with Crippen molar-refractivity contribution in [1.29, 1.82) is 0 Å². The highest BCUT2D eigenvalue weighted by molar-refractivity contribution is 7.80. The lowest BCUT2D eigenvalue weighted by atomic mass is 10.0. The first kappa shape index (κ1) is 10.6. The van der Waals surface area contributed by atoms with Crippen molar-refractivity contribution in [2.45, 2.75) is 23.6 Å². The van der Waals surface area contributed by atoms with Gasteiger partial charge in [0.1, 0.15) is 6.29 Å². The molecule has 0 radical (unpaired) electrons. The number of benzene rings is 1. The molecular formula is C10H11ClOS. The van der Waals surface area contributed by atoms with Crippen LogP contribution in [0.15, 0.2) is 23.1 Å². The van der Waals surface area contributed by atoms with E-state index in [0.717, 1.165) is 22.3 Å². The van der Waals surface area contributed by atoms with Crippen LogP contribution in [-0.4, -0.2) is 6.29 Å². The molecule has 1 nitrogen and oxygen atoms in total. The summed E-state index contributed by atoms with van der Waals surface area (Å²) in [5, 5.41) is 0. The minimum Gasteiger partial charge on any atom is -0.303 e. The molecule has 0 aliphatic carbocycles. The topological polar surface area (TPSA) is 17.1 Å². The molecule has 0 N–H and O–H groups in total. The summed E-state index contributed by atoms with van der Waals surface area (Å²) in [6, 6.07) is 5.72. The van der Waals surface area contributed by atoms with Crippen molar-refractivity contribution in [1.82, 2.24) is 0 Å². The van der Waals surface area contributed by atoms with Crippen LogP contribution >= 0.6 is 24.2 Å². The number of hydrogen-bond donors (Lipinski definition) is 1. The quantitative estimate of drug-likeness (QED) is 0.465. The van der Waals surface area contributed by atoms with E-state index < -0.39 is 0 Å². The van der Waals surface area contributed by atoms with Crippen LogP contribution < -0.4 is 0 Å². The summed E-state index contributed by atoms with van der Waals surface area (Å²) in [5.41, 5.74) is 1.97. The lowest BCUT2D eigenvalue weighted by Crippen LogP contribution is -1.95. The molecule has 3 heteroatoms. The highest BCUT2D eigenvalue weighted by Gasteiger charge is 2.05. The number of rotatable bonds is 3. The van der Waals surface area contributed by atoms with E-state index in [4.69, 9.17) is 11.6 Å². The molecule has 0 aromatic heterocycles. The molecule has 0 amide bonds. The van der Waals surface area contributed by atoms with Gasteiger partial charge in [0.2, 0.25) is 0 Å². The number of alkyl halides is 1. The van der Waals surface area contributed by atoms with Gasteiger partial charge < -0.3 is 4.79 Å². The average Bonchev–Trinajstić information content (AvgIpc) is 2.15. The van der Waals surface area contributed by atoms with Gasteiger partial charge >= 0.3 is 0 Å². The smallest absolute Gasteiger partial charge is 0.127 e. The molecular weight excluding hydrogens is 204 g/mol. The molecule has 0 aliphatic rings. The highest BCUT2D eigenvalue weighted by Crippen LogP contribution is 2.20. The molecule has 70 valence electrons. The molecule has 0 bridgehead atoms. The molecule has 0 saturated carbocycles. The van der Waals surface area contributed by atoms with Crippen molar-refractivity contribution in [3.63, 3.8) is 0 Å². The summed E-state index contributed by atoms with van der Waals surface area (Å²) in [5.74, 6) is 0.363. The van der Waals surface area contributed by atoms with Gasteiger partial charge in [-0.1, -0.05) is 13.0 Å². The van der Waals surface area contributed by atoms with Crippen LogP contribution in [0.25, 0.3) is 0 Å². The Hall–Kier alpha value is -0.470.